The fraction of sp³-hybridized carbons (Fsp3) is 0.100. The molecule has 0 atom stereocenters. The van der Waals surface area contributed by atoms with Crippen molar-refractivity contribution in [2.75, 3.05) is 6.61 Å². The Morgan fingerprint density at radius 1 is 1.37 bits per heavy atom. The molecule has 3 rings (SSSR count). The largest absolute Gasteiger partial charge is 0.494 e. The molecule has 2 N–H and O–H groups in total. The van der Waals surface area contributed by atoms with Crippen LogP contribution < -0.4 is 5.56 Å². The molecule has 3 aromatic rings. The number of carbonyl (C=O) groups is 1. The van der Waals surface area contributed by atoms with Crippen LogP contribution in [-0.4, -0.2) is 33.4 Å². The Morgan fingerprint density at radius 3 is 2.83 bits per heavy atom. The van der Waals surface area contributed by atoms with Crippen LogP contribution in [0.2, 0.25) is 5.02 Å². The van der Waals surface area contributed by atoms with Gasteiger partial charge in [0.1, 0.15) is 11.4 Å². The van der Waals surface area contributed by atoms with Gasteiger partial charge in [0, 0.05) is 6.21 Å². The highest BCUT2D eigenvalue weighted by atomic mass is 35.5. The minimum Gasteiger partial charge on any atom is -0.494 e. The number of hydrogen-bond donors (Lipinski definition) is 2. The second kappa shape index (κ2) is 9.02. The lowest BCUT2D eigenvalue weighted by molar-refractivity contribution is 0.0526. The van der Waals surface area contributed by atoms with Crippen LogP contribution >= 0.6 is 23.8 Å². The van der Waals surface area contributed by atoms with E-state index in [-0.39, 0.29) is 27.7 Å². The van der Waals surface area contributed by atoms with Crippen molar-refractivity contribution < 1.29 is 19.0 Å². The summed E-state index contributed by atoms with van der Waals surface area (Å²) in [5, 5.41) is 10.5. The molecule has 0 saturated heterocycles. The lowest BCUT2D eigenvalue weighted by Gasteiger charge is -2.11. The van der Waals surface area contributed by atoms with Crippen molar-refractivity contribution in [1.82, 2.24) is 9.55 Å². The Morgan fingerprint density at radius 2 is 2.13 bits per heavy atom. The number of H-pyrrole nitrogens is 1. The molecule has 154 valence electrons. The van der Waals surface area contributed by atoms with Gasteiger partial charge in [-0.2, -0.15) is 0 Å². The second-order valence-corrected chi connectivity index (χ2v) is 6.75. The third kappa shape index (κ3) is 4.47. The van der Waals surface area contributed by atoms with E-state index in [4.69, 9.17) is 28.6 Å². The summed E-state index contributed by atoms with van der Waals surface area (Å²) in [6.45, 7) is 1.93. The van der Waals surface area contributed by atoms with Crippen LogP contribution in [0.4, 0.5) is 10.1 Å². The molecule has 0 aliphatic carbocycles. The summed E-state index contributed by atoms with van der Waals surface area (Å²) in [6.07, 6.45) is 1.13. The van der Waals surface area contributed by atoms with E-state index in [1.165, 1.54) is 18.2 Å². The first kappa shape index (κ1) is 21.4. The quantitative estimate of drug-likeness (QED) is 0.345. The summed E-state index contributed by atoms with van der Waals surface area (Å²) >= 11 is 10.9. The number of aromatic amines is 1. The standard InChI is InChI=1S/C20H15ClFN3O4S/c1-2-29-19(28)11-4-3-5-12(8-11)23-10-14-17(26)24-20(30)25(18(14)27)13-6-7-16(22)15(21)9-13/h3-10,27H,2H2,1H3,(H,24,26,30). The molecule has 0 saturated carbocycles. The maximum atomic E-state index is 13.5. The SMILES string of the molecule is CCOC(=O)c1cccc(N=Cc2c(O)n(-c3ccc(F)c(Cl)c3)c(=S)[nH]c2=O)c1. The van der Waals surface area contributed by atoms with Gasteiger partial charge in [0.05, 0.1) is 28.6 Å². The van der Waals surface area contributed by atoms with E-state index in [0.717, 1.165) is 16.8 Å². The molecular formula is C20H15ClFN3O4S. The summed E-state index contributed by atoms with van der Waals surface area (Å²) in [4.78, 5) is 30.7. The number of aromatic nitrogens is 2. The number of hydrogen-bond acceptors (Lipinski definition) is 6. The lowest BCUT2D eigenvalue weighted by Crippen LogP contribution is -2.18. The summed E-state index contributed by atoms with van der Waals surface area (Å²) in [5.74, 6) is -1.65. The zero-order valence-electron chi connectivity index (χ0n) is 15.6. The van der Waals surface area contributed by atoms with Crippen LogP contribution in [-0.2, 0) is 4.74 Å². The Bertz CT molecular complexity index is 1270. The molecule has 0 unspecified atom stereocenters. The van der Waals surface area contributed by atoms with Gasteiger partial charge in [-0.05, 0) is 55.5 Å². The monoisotopic (exact) mass is 447 g/mol. The molecule has 2 aromatic carbocycles. The topological polar surface area (TPSA) is 96.7 Å². The van der Waals surface area contributed by atoms with E-state index in [2.05, 4.69) is 9.98 Å². The van der Waals surface area contributed by atoms with Gasteiger partial charge >= 0.3 is 5.97 Å². The van der Waals surface area contributed by atoms with Crippen molar-refractivity contribution in [2.24, 2.45) is 4.99 Å². The van der Waals surface area contributed by atoms with Crippen LogP contribution in [0.25, 0.3) is 5.69 Å². The molecular weight excluding hydrogens is 433 g/mol. The maximum Gasteiger partial charge on any atom is 0.338 e. The van der Waals surface area contributed by atoms with E-state index in [1.54, 1.807) is 25.1 Å². The number of benzene rings is 2. The summed E-state index contributed by atoms with van der Waals surface area (Å²) in [6, 6.07) is 9.98. The highest BCUT2D eigenvalue weighted by Crippen LogP contribution is 2.24. The molecule has 30 heavy (non-hydrogen) atoms. The van der Waals surface area contributed by atoms with Crippen molar-refractivity contribution in [3.8, 4) is 11.6 Å². The number of nitrogens with one attached hydrogen (secondary N) is 1. The first-order chi connectivity index (χ1) is 14.3. The minimum atomic E-state index is -0.674. The fourth-order valence-electron chi connectivity index (χ4n) is 2.59. The molecule has 0 bridgehead atoms. The van der Waals surface area contributed by atoms with Crippen LogP contribution in [0.3, 0.4) is 0 Å². The summed E-state index contributed by atoms with van der Waals surface area (Å²) < 4.78 is 19.4. The molecule has 0 fully saturated rings. The molecule has 0 aliphatic heterocycles. The number of ether oxygens (including phenoxy) is 1. The van der Waals surface area contributed by atoms with Crippen molar-refractivity contribution in [1.29, 1.82) is 0 Å². The van der Waals surface area contributed by atoms with E-state index < -0.39 is 23.2 Å². The Hall–Kier alpha value is -3.30. The van der Waals surface area contributed by atoms with Gasteiger partial charge in [0.2, 0.25) is 5.88 Å². The van der Waals surface area contributed by atoms with Crippen molar-refractivity contribution >= 4 is 41.7 Å². The predicted octanol–water partition coefficient (Wildman–Crippen LogP) is 4.32. The van der Waals surface area contributed by atoms with Crippen molar-refractivity contribution in [2.45, 2.75) is 6.92 Å². The van der Waals surface area contributed by atoms with Crippen LogP contribution in [0, 0.1) is 10.6 Å². The molecule has 0 amide bonds. The Labute approximate surface area is 180 Å². The van der Waals surface area contributed by atoms with E-state index >= 15 is 0 Å². The van der Waals surface area contributed by atoms with Gasteiger partial charge < -0.3 is 9.84 Å². The molecule has 10 heteroatoms. The van der Waals surface area contributed by atoms with Gasteiger partial charge in [-0.25, -0.2) is 9.18 Å². The Balaban J connectivity index is 2.04. The van der Waals surface area contributed by atoms with Crippen molar-refractivity contribution in [3.05, 3.63) is 79.6 Å². The lowest BCUT2D eigenvalue weighted by atomic mass is 10.2. The van der Waals surface area contributed by atoms with Crippen LogP contribution in [0.5, 0.6) is 5.88 Å². The average Bonchev–Trinajstić information content (AvgIpc) is 2.70. The number of aliphatic imine (C=N–C) groups is 1. The van der Waals surface area contributed by atoms with Crippen LogP contribution in [0.15, 0.2) is 52.3 Å². The zero-order chi connectivity index (χ0) is 21.8. The molecule has 0 radical (unpaired) electrons. The Kier molecular flexibility index (Phi) is 6.43. The number of halogens is 2. The first-order valence-electron chi connectivity index (χ1n) is 8.66. The van der Waals surface area contributed by atoms with Gasteiger partial charge in [0.25, 0.3) is 5.56 Å². The zero-order valence-corrected chi connectivity index (χ0v) is 17.1. The second-order valence-electron chi connectivity index (χ2n) is 5.96. The predicted molar refractivity (Wildman–Crippen MR) is 114 cm³/mol. The average molecular weight is 448 g/mol. The van der Waals surface area contributed by atoms with Gasteiger partial charge in [-0.3, -0.25) is 19.3 Å². The molecule has 1 heterocycles. The van der Waals surface area contributed by atoms with Gasteiger partial charge in [-0.1, -0.05) is 17.7 Å². The van der Waals surface area contributed by atoms with Crippen LogP contribution in [0.1, 0.15) is 22.8 Å². The molecule has 7 nitrogen and oxygen atoms in total. The molecule has 1 aromatic heterocycles. The highest BCUT2D eigenvalue weighted by Gasteiger charge is 2.14. The van der Waals surface area contributed by atoms with E-state index in [1.807, 2.05) is 0 Å². The highest BCUT2D eigenvalue weighted by molar-refractivity contribution is 7.71. The number of carbonyl (C=O) groups excluding carboxylic acids is 1. The third-order valence-electron chi connectivity index (χ3n) is 3.98. The summed E-state index contributed by atoms with van der Waals surface area (Å²) in [7, 11) is 0. The third-order valence-corrected chi connectivity index (χ3v) is 4.56. The number of aromatic hydroxyl groups is 1. The summed E-state index contributed by atoms with van der Waals surface area (Å²) in [5.41, 5.74) is 0.0386. The van der Waals surface area contributed by atoms with Gasteiger partial charge in [0.15, 0.2) is 4.77 Å². The first-order valence-corrected chi connectivity index (χ1v) is 9.45. The number of rotatable bonds is 5. The van der Waals surface area contributed by atoms with Crippen molar-refractivity contribution in [3.63, 3.8) is 0 Å². The smallest absolute Gasteiger partial charge is 0.338 e. The number of nitrogens with zero attached hydrogens (tertiary/aromatic N) is 2. The van der Waals surface area contributed by atoms with Gasteiger partial charge in [-0.15, -0.1) is 0 Å². The number of esters is 1. The fourth-order valence-corrected chi connectivity index (χ4v) is 3.04. The minimum absolute atomic E-state index is 0.110. The maximum absolute atomic E-state index is 13.5. The van der Waals surface area contributed by atoms with E-state index in [0.29, 0.717) is 11.3 Å². The normalized spacial score (nSPS) is 11.0. The molecule has 0 aliphatic rings. The van der Waals surface area contributed by atoms with E-state index in [9.17, 15) is 19.1 Å². The molecule has 0 spiro atoms.